The average Bonchev–Trinajstić information content (AvgIpc) is 3.25. The highest BCUT2D eigenvalue weighted by Gasteiger charge is 2.37. The van der Waals surface area contributed by atoms with Gasteiger partial charge in [0.15, 0.2) is 12.4 Å². The van der Waals surface area contributed by atoms with E-state index in [0.29, 0.717) is 5.82 Å². The van der Waals surface area contributed by atoms with Crippen LogP contribution in [0.5, 0.6) is 5.75 Å². The number of esters is 1. The summed E-state index contributed by atoms with van der Waals surface area (Å²) in [6, 6.07) is 17.1. The van der Waals surface area contributed by atoms with Gasteiger partial charge in [-0.15, -0.1) is 5.10 Å². The summed E-state index contributed by atoms with van der Waals surface area (Å²) in [5, 5.41) is 11.5. The van der Waals surface area contributed by atoms with Crippen LogP contribution in [0.2, 0.25) is 0 Å². The second-order valence-electron chi connectivity index (χ2n) is 5.82. The van der Waals surface area contributed by atoms with E-state index in [1.807, 2.05) is 61.5 Å². The number of aromatic nitrogens is 4. The molecule has 0 amide bonds. The molecule has 7 heteroatoms. The molecule has 0 fully saturated rings. The molecule has 0 N–H and O–H groups in total. The predicted molar refractivity (Wildman–Crippen MR) is 88.2 cm³/mol. The van der Waals surface area contributed by atoms with Gasteiger partial charge < -0.3 is 9.47 Å². The van der Waals surface area contributed by atoms with Crippen LogP contribution >= 0.6 is 0 Å². The van der Waals surface area contributed by atoms with Crippen molar-refractivity contribution in [1.29, 1.82) is 0 Å². The van der Waals surface area contributed by atoms with Gasteiger partial charge in [0.25, 0.3) is 0 Å². The number of hydrogen-bond donors (Lipinski definition) is 0. The quantitative estimate of drug-likeness (QED) is 0.680. The molecule has 1 aliphatic heterocycles. The van der Waals surface area contributed by atoms with Gasteiger partial charge in [0, 0.05) is 11.5 Å². The van der Waals surface area contributed by atoms with Crippen LogP contribution in [-0.4, -0.2) is 32.3 Å². The number of fused-ring (bicyclic) bond motifs is 1. The highest BCUT2D eigenvalue weighted by molar-refractivity contribution is 5.78. The van der Waals surface area contributed by atoms with Crippen molar-refractivity contribution in [2.45, 2.75) is 25.6 Å². The summed E-state index contributed by atoms with van der Waals surface area (Å²) in [6.07, 6.45) is -0.654. The Morgan fingerprint density at radius 1 is 1.16 bits per heavy atom. The van der Waals surface area contributed by atoms with E-state index in [1.165, 1.54) is 0 Å². The minimum absolute atomic E-state index is 0.0242. The van der Waals surface area contributed by atoms with Crippen LogP contribution in [0.15, 0.2) is 54.6 Å². The molecule has 0 radical (unpaired) electrons. The summed E-state index contributed by atoms with van der Waals surface area (Å²) >= 11 is 0. The molecule has 0 aliphatic carbocycles. The lowest BCUT2D eigenvalue weighted by molar-refractivity contribution is -0.153. The molecule has 0 unspecified atom stereocenters. The molecule has 0 saturated carbocycles. The van der Waals surface area contributed by atoms with Crippen LogP contribution in [0.1, 0.15) is 24.2 Å². The summed E-state index contributed by atoms with van der Waals surface area (Å²) in [5.74, 6) is 0.689. The van der Waals surface area contributed by atoms with Gasteiger partial charge in [0.2, 0.25) is 6.10 Å². The normalized spacial score (nSPS) is 18.4. The van der Waals surface area contributed by atoms with E-state index in [2.05, 4.69) is 15.5 Å². The van der Waals surface area contributed by atoms with Crippen molar-refractivity contribution in [3.8, 4) is 11.4 Å². The number of benzene rings is 2. The fourth-order valence-corrected chi connectivity index (χ4v) is 2.90. The standard InChI is InChI=1S/C18H16N4O3/c1-12-14-9-5-6-10-15(14)25-17(12)18(23)24-11-16-19-20-21-22(16)13-7-3-2-4-8-13/h2-10,12,17H,11H2,1H3/t12-,17+/m0/s1. The van der Waals surface area contributed by atoms with Gasteiger partial charge in [0.05, 0.1) is 5.69 Å². The number of rotatable bonds is 4. The van der Waals surface area contributed by atoms with E-state index in [0.717, 1.165) is 17.0 Å². The third kappa shape index (κ3) is 2.84. The van der Waals surface area contributed by atoms with Crippen LogP contribution in [0, 0.1) is 0 Å². The predicted octanol–water partition coefficient (Wildman–Crippen LogP) is 2.27. The lowest BCUT2D eigenvalue weighted by atomic mass is 9.98. The van der Waals surface area contributed by atoms with Gasteiger partial charge in [-0.3, -0.25) is 0 Å². The van der Waals surface area contributed by atoms with E-state index in [4.69, 9.17) is 9.47 Å². The van der Waals surface area contributed by atoms with Crippen molar-refractivity contribution in [2.24, 2.45) is 0 Å². The SMILES string of the molecule is C[C@H]1c2ccccc2O[C@H]1C(=O)OCc1nnnn1-c1ccccc1. The Hall–Kier alpha value is -3.22. The lowest BCUT2D eigenvalue weighted by Gasteiger charge is -2.14. The Morgan fingerprint density at radius 2 is 1.92 bits per heavy atom. The molecule has 2 atom stereocenters. The first-order chi connectivity index (χ1) is 12.2. The van der Waals surface area contributed by atoms with Gasteiger partial charge >= 0.3 is 5.97 Å². The highest BCUT2D eigenvalue weighted by atomic mass is 16.6. The topological polar surface area (TPSA) is 79.1 Å². The van der Waals surface area contributed by atoms with Crippen LogP contribution in [0.25, 0.3) is 5.69 Å². The molecule has 1 aliphatic rings. The summed E-state index contributed by atoms with van der Waals surface area (Å²) in [4.78, 5) is 12.4. The molecule has 1 aromatic heterocycles. The van der Waals surface area contributed by atoms with E-state index in [9.17, 15) is 4.79 Å². The Morgan fingerprint density at radius 3 is 2.72 bits per heavy atom. The largest absolute Gasteiger partial charge is 0.478 e. The first kappa shape index (κ1) is 15.3. The van der Waals surface area contributed by atoms with Gasteiger partial charge in [-0.25, -0.2) is 4.79 Å². The first-order valence-corrected chi connectivity index (χ1v) is 7.99. The first-order valence-electron chi connectivity index (χ1n) is 7.99. The molecule has 4 rings (SSSR count). The second kappa shape index (κ2) is 6.35. The Kier molecular flexibility index (Phi) is 3.89. The molecular formula is C18H16N4O3. The highest BCUT2D eigenvalue weighted by Crippen LogP contribution is 2.38. The molecule has 7 nitrogen and oxygen atoms in total. The number of nitrogens with zero attached hydrogens (tertiary/aromatic N) is 4. The van der Waals surface area contributed by atoms with Crippen molar-refractivity contribution in [3.63, 3.8) is 0 Å². The van der Waals surface area contributed by atoms with Crippen LogP contribution < -0.4 is 4.74 Å². The molecular weight excluding hydrogens is 320 g/mol. The summed E-state index contributed by atoms with van der Waals surface area (Å²) in [7, 11) is 0. The van der Waals surface area contributed by atoms with Gasteiger partial charge in [-0.2, -0.15) is 4.68 Å². The molecule has 0 saturated heterocycles. The number of carbonyl (C=O) groups is 1. The zero-order valence-corrected chi connectivity index (χ0v) is 13.6. The van der Waals surface area contributed by atoms with E-state index >= 15 is 0 Å². The van der Waals surface area contributed by atoms with Crippen LogP contribution in [-0.2, 0) is 16.1 Å². The molecule has 25 heavy (non-hydrogen) atoms. The number of tetrazole rings is 1. The van der Waals surface area contributed by atoms with E-state index in [-0.39, 0.29) is 12.5 Å². The molecule has 0 spiro atoms. The van der Waals surface area contributed by atoms with E-state index < -0.39 is 12.1 Å². The maximum absolute atomic E-state index is 12.4. The van der Waals surface area contributed by atoms with Crippen LogP contribution in [0.4, 0.5) is 0 Å². The molecule has 2 heterocycles. The monoisotopic (exact) mass is 336 g/mol. The van der Waals surface area contributed by atoms with Gasteiger partial charge in [0.1, 0.15) is 5.75 Å². The zero-order chi connectivity index (χ0) is 17.2. The Labute approximate surface area is 144 Å². The molecule has 3 aromatic rings. The van der Waals surface area contributed by atoms with Crippen molar-refractivity contribution in [2.75, 3.05) is 0 Å². The maximum atomic E-state index is 12.4. The zero-order valence-electron chi connectivity index (χ0n) is 13.6. The third-order valence-corrected chi connectivity index (χ3v) is 4.23. The molecule has 2 aromatic carbocycles. The number of hydrogen-bond acceptors (Lipinski definition) is 6. The summed E-state index contributed by atoms with van der Waals surface area (Å²) in [5.41, 5.74) is 1.81. The Balaban J connectivity index is 1.45. The van der Waals surface area contributed by atoms with Crippen molar-refractivity contribution < 1.29 is 14.3 Å². The maximum Gasteiger partial charge on any atom is 0.348 e. The van der Waals surface area contributed by atoms with Crippen molar-refractivity contribution in [3.05, 3.63) is 66.0 Å². The number of para-hydroxylation sites is 2. The lowest BCUT2D eigenvalue weighted by Crippen LogP contribution is -2.30. The van der Waals surface area contributed by atoms with Gasteiger partial charge in [-0.05, 0) is 28.6 Å². The fraction of sp³-hybridized carbons (Fsp3) is 0.222. The van der Waals surface area contributed by atoms with Crippen LogP contribution in [0.3, 0.4) is 0 Å². The van der Waals surface area contributed by atoms with Gasteiger partial charge in [-0.1, -0.05) is 43.3 Å². The summed E-state index contributed by atoms with van der Waals surface area (Å²) < 4.78 is 12.7. The summed E-state index contributed by atoms with van der Waals surface area (Å²) in [6.45, 7) is 1.93. The molecule has 126 valence electrons. The minimum atomic E-state index is -0.654. The van der Waals surface area contributed by atoms with Crippen molar-refractivity contribution in [1.82, 2.24) is 20.2 Å². The average molecular weight is 336 g/mol. The van der Waals surface area contributed by atoms with Crippen molar-refractivity contribution >= 4 is 5.97 Å². The third-order valence-electron chi connectivity index (χ3n) is 4.23. The number of ether oxygens (including phenoxy) is 2. The Bertz CT molecular complexity index is 894. The minimum Gasteiger partial charge on any atom is -0.478 e. The number of carbonyl (C=O) groups excluding carboxylic acids is 1. The van der Waals surface area contributed by atoms with E-state index in [1.54, 1.807) is 4.68 Å². The second-order valence-corrected chi connectivity index (χ2v) is 5.82. The molecule has 0 bridgehead atoms. The smallest absolute Gasteiger partial charge is 0.348 e. The fourth-order valence-electron chi connectivity index (χ4n) is 2.90.